The van der Waals surface area contributed by atoms with Crippen molar-refractivity contribution in [2.75, 3.05) is 19.8 Å². The maximum Gasteiger partial charge on any atom is 0.407 e. The molecule has 0 saturated heterocycles. The average Bonchev–Trinajstić information content (AvgIpc) is 2.59. The molecule has 1 aromatic carbocycles. The largest absolute Gasteiger partial charge is 0.465 e. The Bertz CT molecular complexity index is 542. The Hall–Kier alpha value is -2.57. The molecule has 0 fully saturated rings. The summed E-state index contributed by atoms with van der Waals surface area (Å²) in [5.74, 6) is -2.91. The molecule has 0 aromatic heterocycles. The highest BCUT2D eigenvalue weighted by molar-refractivity contribution is 5.95. The summed E-state index contributed by atoms with van der Waals surface area (Å²) in [7, 11) is 0. The van der Waals surface area contributed by atoms with Crippen LogP contribution in [0.1, 0.15) is 26.3 Å². The molecule has 7 nitrogen and oxygen atoms in total. The van der Waals surface area contributed by atoms with Gasteiger partial charge in [-0.2, -0.15) is 0 Å². The van der Waals surface area contributed by atoms with Crippen molar-refractivity contribution in [1.82, 2.24) is 5.32 Å². The third-order valence-corrected chi connectivity index (χ3v) is 3.43. The average molecular weight is 351 g/mol. The van der Waals surface area contributed by atoms with Crippen LogP contribution in [-0.4, -0.2) is 37.8 Å². The van der Waals surface area contributed by atoms with Crippen LogP contribution in [0.25, 0.3) is 0 Å². The van der Waals surface area contributed by atoms with Crippen LogP contribution in [0.3, 0.4) is 0 Å². The normalized spacial score (nSPS) is 11.5. The summed E-state index contributed by atoms with van der Waals surface area (Å²) in [6, 6.07) is 9.25. The fourth-order valence-corrected chi connectivity index (χ4v) is 2.16. The second-order valence-corrected chi connectivity index (χ2v) is 5.40. The summed E-state index contributed by atoms with van der Waals surface area (Å²) < 4.78 is 14.9. The molecule has 138 valence electrons. The van der Waals surface area contributed by atoms with Gasteiger partial charge in [-0.05, 0) is 25.3 Å². The lowest BCUT2D eigenvalue weighted by molar-refractivity contribution is -0.164. The Morgan fingerprint density at radius 1 is 0.960 bits per heavy atom. The van der Waals surface area contributed by atoms with E-state index >= 15 is 0 Å². The van der Waals surface area contributed by atoms with Crippen molar-refractivity contribution in [3.8, 4) is 0 Å². The molecule has 0 aliphatic heterocycles. The number of hydrogen-bond acceptors (Lipinski definition) is 6. The number of hydrogen-bond donors (Lipinski definition) is 1. The summed E-state index contributed by atoms with van der Waals surface area (Å²) in [6.07, 6.45) is -0.623. The Labute approximate surface area is 147 Å². The van der Waals surface area contributed by atoms with E-state index in [2.05, 4.69) is 5.32 Å². The molecule has 25 heavy (non-hydrogen) atoms. The number of benzene rings is 1. The minimum atomic E-state index is -1.09. The van der Waals surface area contributed by atoms with E-state index in [1.54, 1.807) is 20.8 Å². The molecule has 0 aliphatic rings. The minimum absolute atomic E-state index is 0.0793. The van der Waals surface area contributed by atoms with Gasteiger partial charge in [0.15, 0.2) is 5.92 Å². The standard InChI is InChI=1S/C18H25NO6/c1-4-23-16(20)15(17(21)24-5-2)13(3)11-19-18(22)25-12-14-9-7-6-8-10-14/h6-10,13,15H,4-5,11-12H2,1-3H3,(H,19,22). The maximum absolute atomic E-state index is 12.0. The Balaban J connectivity index is 2.51. The second-order valence-electron chi connectivity index (χ2n) is 5.40. The second kappa shape index (κ2) is 11.1. The van der Waals surface area contributed by atoms with E-state index in [9.17, 15) is 14.4 Å². The first-order valence-electron chi connectivity index (χ1n) is 8.27. The molecule has 1 N–H and O–H groups in total. The maximum atomic E-state index is 12.0. The molecule has 1 rings (SSSR count). The van der Waals surface area contributed by atoms with E-state index in [1.165, 1.54) is 0 Å². The molecule has 0 heterocycles. The van der Waals surface area contributed by atoms with Crippen molar-refractivity contribution < 1.29 is 28.6 Å². The first kappa shape index (κ1) is 20.5. The summed E-state index contributed by atoms with van der Waals surface area (Å²) in [6.45, 7) is 5.52. The SMILES string of the molecule is CCOC(=O)C(C(=O)OCC)C(C)CNC(=O)OCc1ccccc1. The van der Waals surface area contributed by atoms with Crippen LogP contribution in [0.15, 0.2) is 30.3 Å². The predicted octanol–water partition coefficient (Wildman–Crippen LogP) is 2.29. The van der Waals surface area contributed by atoms with Crippen LogP contribution in [0, 0.1) is 11.8 Å². The number of amides is 1. The van der Waals surface area contributed by atoms with Crippen LogP contribution < -0.4 is 5.32 Å². The fraction of sp³-hybridized carbons (Fsp3) is 0.500. The lowest BCUT2D eigenvalue weighted by atomic mass is 9.94. The number of rotatable bonds is 9. The highest BCUT2D eigenvalue weighted by Crippen LogP contribution is 2.15. The van der Waals surface area contributed by atoms with Crippen molar-refractivity contribution in [3.63, 3.8) is 0 Å². The molecular weight excluding hydrogens is 326 g/mol. The van der Waals surface area contributed by atoms with Gasteiger partial charge in [0.2, 0.25) is 0 Å². The molecule has 7 heteroatoms. The highest BCUT2D eigenvalue weighted by Gasteiger charge is 2.35. The fourth-order valence-electron chi connectivity index (χ4n) is 2.16. The Kier molecular flexibility index (Phi) is 9.06. The van der Waals surface area contributed by atoms with Gasteiger partial charge < -0.3 is 19.5 Å². The summed E-state index contributed by atoms with van der Waals surface area (Å²) in [5, 5.41) is 2.55. The Morgan fingerprint density at radius 2 is 1.52 bits per heavy atom. The van der Waals surface area contributed by atoms with Crippen molar-refractivity contribution in [2.24, 2.45) is 11.8 Å². The number of alkyl carbamates (subject to hydrolysis) is 1. The molecule has 1 atom stereocenters. The lowest BCUT2D eigenvalue weighted by Gasteiger charge is -2.21. The van der Waals surface area contributed by atoms with E-state index in [-0.39, 0.29) is 26.4 Å². The lowest BCUT2D eigenvalue weighted by Crippen LogP contribution is -2.39. The topological polar surface area (TPSA) is 90.9 Å². The van der Waals surface area contributed by atoms with Crippen molar-refractivity contribution in [1.29, 1.82) is 0 Å². The third kappa shape index (κ3) is 7.24. The molecule has 1 amide bonds. The first-order valence-corrected chi connectivity index (χ1v) is 8.27. The van der Waals surface area contributed by atoms with Gasteiger partial charge >= 0.3 is 18.0 Å². The van der Waals surface area contributed by atoms with Gasteiger partial charge in [-0.15, -0.1) is 0 Å². The van der Waals surface area contributed by atoms with Crippen LogP contribution >= 0.6 is 0 Å². The van der Waals surface area contributed by atoms with Gasteiger partial charge in [-0.25, -0.2) is 4.79 Å². The number of carbonyl (C=O) groups is 3. The number of carbonyl (C=O) groups excluding carboxylic acids is 3. The number of nitrogens with one attached hydrogen (secondary N) is 1. The van der Waals surface area contributed by atoms with E-state index in [1.807, 2.05) is 30.3 Å². The monoisotopic (exact) mass is 351 g/mol. The summed E-state index contributed by atoms with van der Waals surface area (Å²) in [4.78, 5) is 35.7. The van der Waals surface area contributed by atoms with Gasteiger partial charge in [0.05, 0.1) is 13.2 Å². The number of esters is 2. The van der Waals surface area contributed by atoms with Crippen LogP contribution in [0.4, 0.5) is 4.79 Å². The van der Waals surface area contributed by atoms with E-state index in [0.29, 0.717) is 0 Å². The zero-order valence-electron chi connectivity index (χ0n) is 14.8. The molecule has 0 saturated carbocycles. The summed E-state index contributed by atoms with van der Waals surface area (Å²) >= 11 is 0. The van der Waals surface area contributed by atoms with Crippen molar-refractivity contribution in [3.05, 3.63) is 35.9 Å². The molecule has 0 aliphatic carbocycles. The van der Waals surface area contributed by atoms with Gasteiger partial charge in [0, 0.05) is 6.54 Å². The molecule has 1 aromatic rings. The van der Waals surface area contributed by atoms with E-state index < -0.39 is 29.9 Å². The zero-order valence-corrected chi connectivity index (χ0v) is 14.8. The quantitative estimate of drug-likeness (QED) is 0.417. The zero-order chi connectivity index (χ0) is 18.7. The first-order chi connectivity index (χ1) is 12.0. The third-order valence-electron chi connectivity index (χ3n) is 3.43. The van der Waals surface area contributed by atoms with Crippen molar-refractivity contribution in [2.45, 2.75) is 27.4 Å². The van der Waals surface area contributed by atoms with Crippen LogP contribution in [-0.2, 0) is 30.4 Å². The Morgan fingerprint density at radius 3 is 2.04 bits per heavy atom. The number of ether oxygens (including phenoxy) is 3. The summed E-state index contributed by atoms with van der Waals surface area (Å²) in [5.41, 5.74) is 0.863. The molecule has 0 radical (unpaired) electrons. The molecule has 0 bridgehead atoms. The van der Waals surface area contributed by atoms with Gasteiger partial charge in [-0.1, -0.05) is 37.3 Å². The predicted molar refractivity (Wildman–Crippen MR) is 90.5 cm³/mol. The highest BCUT2D eigenvalue weighted by atomic mass is 16.6. The molecule has 1 unspecified atom stereocenters. The van der Waals surface area contributed by atoms with Gasteiger partial charge in [0.1, 0.15) is 6.61 Å². The molecule has 0 spiro atoms. The smallest absolute Gasteiger partial charge is 0.407 e. The van der Waals surface area contributed by atoms with Crippen molar-refractivity contribution >= 4 is 18.0 Å². The van der Waals surface area contributed by atoms with E-state index in [0.717, 1.165) is 5.56 Å². The van der Waals surface area contributed by atoms with Gasteiger partial charge in [-0.3, -0.25) is 9.59 Å². The minimum Gasteiger partial charge on any atom is -0.465 e. The van der Waals surface area contributed by atoms with Crippen LogP contribution in [0.2, 0.25) is 0 Å². The van der Waals surface area contributed by atoms with E-state index in [4.69, 9.17) is 14.2 Å². The van der Waals surface area contributed by atoms with Crippen LogP contribution in [0.5, 0.6) is 0 Å². The molecular formula is C18H25NO6. The van der Waals surface area contributed by atoms with Gasteiger partial charge in [0.25, 0.3) is 0 Å².